The summed E-state index contributed by atoms with van der Waals surface area (Å²) < 4.78 is 5.79. The predicted octanol–water partition coefficient (Wildman–Crippen LogP) is 2.09. The monoisotopic (exact) mass is 244 g/mol. The summed E-state index contributed by atoms with van der Waals surface area (Å²) in [6, 6.07) is 3.41. The first kappa shape index (κ1) is 12.4. The van der Waals surface area contributed by atoms with Crippen LogP contribution in [0.2, 0.25) is 0 Å². The van der Waals surface area contributed by atoms with Gasteiger partial charge in [-0.1, -0.05) is 17.7 Å². The number of rotatable bonds is 3. The minimum Gasteiger partial charge on any atom is -0.486 e. The highest BCUT2D eigenvalue weighted by atomic mass is 16.5. The van der Waals surface area contributed by atoms with Crippen LogP contribution in [0.25, 0.3) is 0 Å². The van der Waals surface area contributed by atoms with Crippen molar-refractivity contribution in [3.63, 3.8) is 0 Å². The Morgan fingerprint density at radius 3 is 3.06 bits per heavy atom. The number of allylic oxidation sites excluding steroid dienone is 2. The van der Waals surface area contributed by atoms with Crippen LogP contribution in [0.3, 0.4) is 0 Å². The van der Waals surface area contributed by atoms with E-state index in [1.807, 2.05) is 12.2 Å². The minimum atomic E-state index is -0.213. The van der Waals surface area contributed by atoms with Crippen molar-refractivity contribution in [2.45, 2.75) is 19.4 Å². The summed E-state index contributed by atoms with van der Waals surface area (Å²) in [7, 11) is 1.58. The molecule has 0 fully saturated rings. The van der Waals surface area contributed by atoms with Gasteiger partial charge in [0.25, 0.3) is 5.91 Å². The molecule has 94 valence electrons. The smallest absolute Gasteiger partial charge is 0.269 e. The van der Waals surface area contributed by atoms with Crippen molar-refractivity contribution in [1.29, 1.82) is 0 Å². The maximum Gasteiger partial charge on any atom is 0.269 e. The van der Waals surface area contributed by atoms with Gasteiger partial charge in [-0.2, -0.15) is 0 Å². The fraction of sp³-hybridized carbons (Fsp3) is 0.286. The van der Waals surface area contributed by atoms with E-state index < -0.39 is 0 Å². The third-order valence-corrected chi connectivity index (χ3v) is 2.72. The van der Waals surface area contributed by atoms with Crippen molar-refractivity contribution >= 4 is 5.91 Å². The van der Waals surface area contributed by atoms with Crippen LogP contribution in [0.5, 0.6) is 5.75 Å². The van der Waals surface area contributed by atoms with Gasteiger partial charge in [0.2, 0.25) is 0 Å². The molecule has 1 unspecified atom stereocenters. The number of carbonyl (C=O) groups is 1. The van der Waals surface area contributed by atoms with Gasteiger partial charge >= 0.3 is 0 Å². The van der Waals surface area contributed by atoms with E-state index in [9.17, 15) is 4.79 Å². The van der Waals surface area contributed by atoms with Crippen molar-refractivity contribution in [3.05, 3.63) is 47.8 Å². The Bertz CT molecular complexity index is 506. The molecule has 1 N–H and O–H groups in total. The molecule has 1 amide bonds. The average Bonchev–Trinajstić information content (AvgIpc) is 2.41. The lowest BCUT2D eigenvalue weighted by Gasteiger charge is -2.17. The lowest BCUT2D eigenvalue weighted by Crippen LogP contribution is -2.20. The largest absolute Gasteiger partial charge is 0.486 e. The van der Waals surface area contributed by atoms with E-state index in [0.29, 0.717) is 11.4 Å². The number of nitrogens with one attached hydrogen (secondary N) is 1. The van der Waals surface area contributed by atoms with Crippen LogP contribution < -0.4 is 10.1 Å². The van der Waals surface area contributed by atoms with Crippen LogP contribution in [0, 0.1) is 0 Å². The second kappa shape index (κ2) is 5.49. The van der Waals surface area contributed by atoms with E-state index in [-0.39, 0.29) is 12.0 Å². The molecule has 1 aromatic rings. The third kappa shape index (κ3) is 2.97. The first-order chi connectivity index (χ1) is 8.69. The first-order valence-electron chi connectivity index (χ1n) is 5.89. The molecule has 18 heavy (non-hydrogen) atoms. The molecule has 1 aliphatic rings. The molecular weight excluding hydrogens is 228 g/mol. The molecular formula is C14H16N2O2. The first-order valence-corrected chi connectivity index (χ1v) is 5.89. The maximum absolute atomic E-state index is 11.4. The second-order valence-electron chi connectivity index (χ2n) is 4.16. The number of nitrogens with zero attached hydrogens (tertiary/aromatic N) is 1. The molecule has 4 heteroatoms. The van der Waals surface area contributed by atoms with Gasteiger partial charge in [0.05, 0.1) is 0 Å². The van der Waals surface area contributed by atoms with Crippen LogP contribution in [0.1, 0.15) is 23.8 Å². The number of carbonyl (C=O) groups excluding carboxylic acids is 1. The van der Waals surface area contributed by atoms with Crippen molar-refractivity contribution in [3.8, 4) is 5.75 Å². The van der Waals surface area contributed by atoms with E-state index in [0.717, 1.165) is 6.42 Å². The Labute approximate surface area is 106 Å². The number of hydrogen-bond acceptors (Lipinski definition) is 3. The Kier molecular flexibility index (Phi) is 3.77. The van der Waals surface area contributed by atoms with Crippen LogP contribution in [-0.2, 0) is 0 Å². The number of aromatic nitrogens is 1. The summed E-state index contributed by atoms with van der Waals surface area (Å²) in [5.74, 6) is 0.446. The van der Waals surface area contributed by atoms with E-state index in [2.05, 4.69) is 23.3 Å². The van der Waals surface area contributed by atoms with Gasteiger partial charge in [-0.25, -0.2) is 0 Å². The van der Waals surface area contributed by atoms with Gasteiger partial charge in [0.15, 0.2) is 0 Å². The van der Waals surface area contributed by atoms with Crippen molar-refractivity contribution in [2.75, 3.05) is 7.05 Å². The zero-order chi connectivity index (χ0) is 13.0. The molecule has 1 aliphatic carbocycles. The number of pyridine rings is 1. The summed E-state index contributed by atoms with van der Waals surface area (Å²) in [6.45, 7) is 2.06. The summed E-state index contributed by atoms with van der Waals surface area (Å²) in [6.07, 6.45) is 8.64. The molecule has 0 saturated carbocycles. The SMILES string of the molecule is CNC(=O)c1cc(OC2C=CC(C)=CC2)ccn1. The number of hydrogen-bond donors (Lipinski definition) is 1. The maximum atomic E-state index is 11.4. The van der Waals surface area contributed by atoms with Crippen molar-refractivity contribution in [2.24, 2.45) is 0 Å². The van der Waals surface area contributed by atoms with E-state index >= 15 is 0 Å². The molecule has 0 aromatic carbocycles. The van der Waals surface area contributed by atoms with E-state index in [4.69, 9.17) is 4.74 Å². The quantitative estimate of drug-likeness (QED) is 0.885. The molecule has 2 rings (SSSR count). The van der Waals surface area contributed by atoms with Crippen molar-refractivity contribution < 1.29 is 9.53 Å². The summed E-state index contributed by atoms with van der Waals surface area (Å²) in [5.41, 5.74) is 1.61. The summed E-state index contributed by atoms with van der Waals surface area (Å²) in [5, 5.41) is 2.54. The second-order valence-corrected chi connectivity index (χ2v) is 4.16. The lowest BCUT2D eigenvalue weighted by molar-refractivity contribution is 0.0957. The minimum absolute atomic E-state index is 0.0219. The Hall–Kier alpha value is -2.10. The molecule has 0 spiro atoms. The topological polar surface area (TPSA) is 51.2 Å². The average molecular weight is 244 g/mol. The lowest BCUT2D eigenvalue weighted by atomic mass is 10.1. The highest BCUT2D eigenvalue weighted by Gasteiger charge is 2.11. The van der Waals surface area contributed by atoms with Gasteiger partial charge in [0, 0.05) is 25.7 Å². The zero-order valence-corrected chi connectivity index (χ0v) is 10.5. The molecule has 1 aromatic heterocycles. The van der Waals surface area contributed by atoms with E-state index in [1.165, 1.54) is 5.57 Å². The number of amides is 1. The summed E-state index contributed by atoms with van der Waals surface area (Å²) in [4.78, 5) is 15.4. The molecule has 0 radical (unpaired) electrons. The number of ether oxygens (including phenoxy) is 1. The van der Waals surface area contributed by atoms with Crippen LogP contribution in [0.15, 0.2) is 42.1 Å². The Morgan fingerprint density at radius 2 is 2.39 bits per heavy atom. The molecule has 0 saturated heterocycles. The molecule has 0 aliphatic heterocycles. The zero-order valence-electron chi connectivity index (χ0n) is 10.5. The van der Waals surface area contributed by atoms with Crippen LogP contribution in [-0.4, -0.2) is 24.0 Å². The fourth-order valence-electron chi connectivity index (χ4n) is 1.71. The van der Waals surface area contributed by atoms with E-state index in [1.54, 1.807) is 25.4 Å². The van der Waals surface area contributed by atoms with Crippen LogP contribution >= 0.6 is 0 Å². The third-order valence-electron chi connectivity index (χ3n) is 2.72. The fourth-order valence-corrected chi connectivity index (χ4v) is 1.71. The summed E-state index contributed by atoms with van der Waals surface area (Å²) >= 11 is 0. The predicted molar refractivity (Wildman–Crippen MR) is 69.6 cm³/mol. The normalized spacial score (nSPS) is 18.1. The van der Waals surface area contributed by atoms with Crippen molar-refractivity contribution in [1.82, 2.24) is 10.3 Å². The molecule has 1 atom stereocenters. The van der Waals surface area contributed by atoms with Gasteiger partial charge in [-0.05, 0) is 19.1 Å². The standard InChI is InChI=1S/C14H16N2O2/c1-10-3-5-11(6-4-10)18-12-7-8-16-13(9-12)14(17)15-2/h3-5,7-9,11H,6H2,1-2H3,(H,15,17). The van der Waals surface area contributed by atoms with Gasteiger partial charge in [0.1, 0.15) is 17.5 Å². The Morgan fingerprint density at radius 1 is 1.56 bits per heavy atom. The Balaban J connectivity index is 2.06. The molecule has 4 nitrogen and oxygen atoms in total. The molecule has 1 heterocycles. The van der Waals surface area contributed by atoms with Gasteiger partial charge in [-0.15, -0.1) is 0 Å². The highest BCUT2D eigenvalue weighted by Crippen LogP contribution is 2.18. The highest BCUT2D eigenvalue weighted by molar-refractivity contribution is 5.92. The van der Waals surface area contributed by atoms with Gasteiger partial charge in [-0.3, -0.25) is 9.78 Å². The van der Waals surface area contributed by atoms with Crippen LogP contribution in [0.4, 0.5) is 0 Å². The molecule has 0 bridgehead atoms. The van der Waals surface area contributed by atoms with Gasteiger partial charge < -0.3 is 10.1 Å².